The van der Waals surface area contributed by atoms with Crippen LogP contribution in [0.3, 0.4) is 0 Å². The van der Waals surface area contributed by atoms with E-state index in [1.807, 2.05) is 0 Å². The van der Waals surface area contributed by atoms with E-state index in [0.29, 0.717) is 16.6 Å². The number of nitrogens with one attached hydrogen (secondary N) is 1. The van der Waals surface area contributed by atoms with Gasteiger partial charge in [-0.1, -0.05) is 25.3 Å². The lowest BCUT2D eigenvalue weighted by molar-refractivity contribution is 0.751. The number of fused-ring (bicyclic) bond motifs is 1. The number of allylic oxidation sites excluding steroid dienone is 1. The molecule has 0 amide bonds. The number of aromatic nitrogens is 2. The van der Waals surface area contributed by atoms with Crippen molar-refractivity contribution >= 4 is 16.6 Å². The zero-order valence-electron chi connectivity index (χ0n) is 10.3. The minimum Gasteiger partial charge on any atom is -0.307 e. The van der Waals surface area contributed by atoms with Gasteiger partial charge in [0.05, 0.1) is 23.2 Å². The molecule has 0 saturated heterocycles. The molecule has 2 aromatic rings. The largest absolute Gasteiger partial charge is 0.329 e. The lowest BCUT2D eigenvalue weighted by atomic mass is 10.2. The van der Waals surface area contributed by atoms with Gasteiger partial charge < -0.3 is 4.98 Å². The first kappa shape index (κ1) is 12.8. The van der Waals surface area contributed by atoms with Gasteiger partial charge in [-0.05, 0) is 18.2 Å². The van der Waals surface area contributed by atoms with Crippen molar-refractivity contribution in [3.63, 3.8) is 0 Å². The van der Waals surface area contributed by atoms with E-state index in [0.717, 1.165) is 4.57 Å². The summed E-state index contributed by atoms with van der Waals surface area (Å²) in [7, 11) is 0. The Morgan fingerprint density at radius 3 is 2.74 bits per heavy atom. The molecule has 0 aliphatic heterocycles. The molecule has 96 valence electrons. The molecule has 0 aliphatic rings. The second-order valence-corrected chi connectivity index (χ2v) is 3.87. The summed E-state index contributed by atoms with van der Waals surface area (Å²) in [4.78, 5) is 30.7. The predicted molar refractivity (Wildman–Crippen MR) is 76.7 cm³/mol. The summed E-state index contributed by atoms with van der Waals surface area (Å²) < 4.78 is 1.09. The van der Waals surface area contributed by atoms with E-state index in [4.69, 9.17) is 0 Å². The Kier molecular flexibility index (Phi) is 3.56. The van der Waals surface area contributed by atoms with Crippen LogP contribution >= 0.6 is 0 Å². The number of hydrogen-bond acceptors (Lipinski definition) is 3. The van der Waals surface area contributed by atoms with E-state index < -0.39 is 5.69 Å². The van der Waals surface area contributed by atoms with Crippen LogP contribution in [0.25, 0.3) is 10.9 Å². The number of rotatable bonds is 4. The Morgan fingerprint density at radius 2 is 2.05 bits per heavy atom. The maximum atomic E-state index is 12.2. The molecular formula is C14H13N3O2. The number of para-hydroxylation sites is 1. The second-order valence-electron chi connectivity index (χ2n) is 3.87. The van der Waals surface area contributed by atoms with E-state index in [2.05, 4.69) is 23.1 Å². The van der Waals surface area contributed by atoms with Crippen LogP contribution < -0.4 is 11.2 Å². The van der Waals surface area contributed by atoms with Crippen LogP contribution in [0.1, 0.15) is 0 Å². The molecule has 2 rings (SSSR count). The van der Waals surface area contributed by atoms with Crippen molar-refractivity contribution in [3.05, 3.63) is 70.5 Å². The third-order valence-electron chi connectivity index (χ3n) is 2.70. The van der Waals surface area contributed by atoms with E-state index in [1.54, 1.807) is 24.3 Å². The normalized spacial score (nSPS) is 11.5. The molecule has 0 unspecified atom stereocenters. The molecule has 0 fully saturated rings. The molecule has 0 bridgehead atoms. The summed E-state index contributed by atoms with van der Waals surface area (Å²) in [5, 5.41) is 0.462. The molecule has 19 heavy (non-hydrogen) atoms. The van der Waals surface area contributed by atoms with E-state index in [9.17, 15) is 9.59 Å². The van der Waals surface area contributed by atoms with Gasteiger partial charge in [0.25, 0.3) is 5.56 Å². The molecule has 1 aromatic heterocycles. The van der Waals surface area contributed by atoms with Crippen molar-refractivity contribution in [3.8, 4) is 0 Å². The summed E-state index contributed by atoms with van der Waals surface area (Å²) in [6.45, 7) is 7.13. The fourth-order valence-corrected chi connectivity index (χ4v) is 1.78. The third kappa shape index (κ3) is 2.44. The average Bonchev–Trinajstić information content (AvgIpc) is 2.42. The van der Waals surface area contributed by atoms with Crippen molar-refractivity contribution in [1.82, 2.24) is 9.55 Å². The number of aliphatic imine (C=N–C) groups is 1. The van der Waals surface area contributed by atoms with Crippen molar-refractivity contribution in [2.45, 2.75) is 6.54 Å². The highest BCUT2D eigenvalue weighted by atomic mass is 16.2. The molecule has 0 atom stereocenters. The first-order chi connectivity index (χ1) is 9.17. The zero-order valence-corrected chi connectivity index (χ0v) is 10.3. The Balaban J connectivity index is 2.64. The van der Waals surface area contributed by atoms with Gasteiger partial charge >= 0.3 is 5.69 Å². The summed E-state index contributed by atoms with van der Waals surface area (Å²) in [5.74, 6) is 0. The lowest BCUT2D eigenvalue weighted by Crippen LogP contribution is -2.36. The highest BCUT2D eigenvalue weighted by Crippen LogP contribution is 2.02. The first-order valence-corrected chi connectivity index (χ1v) is 5.69. The van der Waals surface area contributed by atoms with Gasteiger partial charge in [0, 0.05) is 6.20 Å². The standard InChI is InChI=1S/C14H13N3O2/c1-3-10(15-4-2)9-17-13(18)11-7-5-6-8-12(11)16-14(17)19/h3-8H,1-2,9H2,(H,16,19). The van der Waals surface area contributed by atoms with Gasteiger partial charge in [0.1, 0.15) is 0 Å². The topological polar surface area (TPSA) is 67.2 Å². The number of hydrogen-bond donors (Lipinski definition) is 1. The molecule has 0 saturated carbocycles. The van der Waals surface area contributed by atoms with E-state index >= 15 is 0 Å². The van der Waals surface area contributed by atoms with Crippen molar-refractivity contribution < 1.29 is 0 Å². The van der Waals surface area contributed by atoms with Gasteiger partial charge in [0.15, 0.2) is 0 Å². The second kappa shape index (κ2) is 5.30. The molecule has 0 aliphatic carbocycles. The average molecular weight is 255 g/mol. The molecule has 0 radical (unpaired) electrons. The number of benzene rings is 1. The van der Waals surface area contributed by atoms with Gasteiger partial charge in [-0.15, -0.1) is 0 Å². The minimum absolute atomic E-state index is 0.0640. The van der Waals surface area contributed by atoms with Gasteiger partial charge in [0.2, 0.25) is 0 Å². The van der Waals surface area contributed by atoms with Gasteiger partial charge in [-0.2, -0.15) is 0 Å². The summed E-state index contributed by atoms with van der Waals surface area (Å²) in [6, 6.07) is 6.87. The molecule has 5 nitrogen and oxygen atoms in total. The van der Waals surface area contributed by atoms with Crippen LogP contribution in [0.15, 0.2) is 64.3 Å². The zero-order chi connectivity index (χ0) is 13.8. The van der Waals surface area contributed by atoms with Crippen molar-refractivity contribution in [1.29, 1.82) is 0 Å². The first-order valence-electron chi connectivity index (χ1n) is 5.69. The fourth-order valence-electron chi connectivity index (χ4n) is 1.78. The Labute approximate surface area is 109 Å². The minimum atomic E-state index is -0.470. The Bertz CT molecular complexity index is 781. The summed E-state index contributed by atoms with van der Waals surface area (Å²) in [6.07, 6.45) is 2.83. The Hall–Kier alpha value is -2.69. The van der Waals surface area contributed by atoms with Crippen LogP contribution in [0.5, 0.6) is 0 Å². The van der Waals surface area contributed by atoms with E-state index in [-0.39, 0.29) is 12.1 Å². The highest BCUT2D eigenvalue weighted by Gasteiger charge is 2.08. The maximum Gasteiger partial charge on any atom is 0.329 e. The number of aromatic amines is 1. The van der Waals surface area contributed by atoms with Gasteiger partial charge in [-0.3, -0.25) is 14.4 Å². The SMILES string of the molecule is C=CN=C(C=C)Cn1c(=O)[nH]c2ccccc2c1=O. The summed E-state index contributed by atoms with van der Waals surface area (Å²) >= 11 is 0. The number of H-pyrrole nitrogens is 1. The molecule has 1 heterocycles. The van der Waals surface area contributed by atoms with Crippen LogP contribution in [-0.4, -0.2) is 15.3 Å². The third-order valence-corrected chi connectivity index (χ3v) is 2.70. The highest BCUT2D eigenvalue weighted by molar-refractivity contribution is 5.94. The van der Waals surface area contributed by atoms with Crippen LogP contribution in [-0.2, 0) is 6.54 Å². The molecule has 1 N–H and O–H groups in total. The molecule has 5 heteroatoms. The van der Waals surface area contributed by atoms with Gasteiger partial charge in [-0.25, -0.2) is 4.79 Å². The maximum absolute atomic E-state index is 12.2. The monoisotopic (exact) mass is 255 g/mol. The van der Waals surface area contributed by atoms with Crippen LogP contribution in [0.2, 0.25) is 0 Å². The predicted octanol–water partition coefficient (Wildman–Crippen LogP) is 1.46. The molecule has 0 spiro atoms. The summed E-state index contributed by atoms with van der Waals surface area (Å²) in [5.41, 5.74) is 0.202. The lowest BCUT2D eigenvalue weighted by Gasteiger charge is -2.05. The van der Waals surface area contributed by atoms with E-state index in [1.165, 1.54) is 12.3 Å². The molecular weight excluding hydrogens is 242 g/mol. The molecule has 1 aromatic carbocycles. The van der Waals surface area contributed by atoms with Crippen molar-refractivity contribution in [2.24, 2.45) is 4.99 Å². The van der Waals surface area contributed by atoms with Crippen LogP contribution in [0, 0.1) is 0 Å². The van der Waals surface area contributed by atoms with Crippen molar-refractivity contribution in [2.75, 3.05) is 0 Å². The van der Waals surface area contributed by atoms with Crippen LogP contribution in [0.4, 0.5) is 0 Å². The Morgan fingerprint density at radius 1 is 1.32 bits per heavy atom. The fraction of sp³-hybridized carbons (Fsp3) is 0.0714. The number of nitrogens with zero attached hydrogens (tertiary/aromatic N) is 2. The smallest absolute Gasteiger partial charge is 0.307 e. The quantitative estimate of drug-likeness (QED) is 0.840.